The van der Waals surface area contributed by atoms with Crippen molar-refractivity contribution in [1.29, 1.82) is 0 Å². The van der Waals surface area contributed by atoms with Gasteiger partial charge in [-0.25, -0.2) is 0 Å². The monoisotopic (exact) mass is 400 g/mol. The second-order valence-corrected chi connectivity index (χ2v) is 6.88. The topological polar surface area (TPSA) is 61.8 Å². The molecule has 6 heteroatoms. The van der Waals surface area contributed by atoms with Gasteiger partial charge in [-0.05, 0) is 37.0 Å². The van der Waals surface area contributed by atoms with Crippen molar-refractivity contribution in [2.45, 2.75) is 40.5 Å². The number of ether oxygens (including phenoxy) is 3. The van der Waals surface area contributed by atoms with Gasteiger partial charge in [-0.15, -0.1) is 0 Å². The van der Waals surface area contributed by atoms with E-state index in [1.807, 2.05) is 13.8 Å². The van der Waals surface area contributed by atoms with E-state index in [1.165, 1.54) is 7.11 Å². The van der Waals surface area contributed by atoms with E-state index < -0.39 is 17.4 Å². The van der Waals surface area contributed by atoms with Crippen LogP contribution in [0.5, 0.6) is 11.5 Å². The van der Waals surface area contributed by atoms with E-state index >= 15 is 0 Å². The van der Waals surface area contributed by atoms with Gasteiger partial charge in [0.25, 0.3) is 0 Å². The van der Waals surface area contributed by atoms with Gasteiger partial charge in [-0.1, -0.05) is 43.6 Å². The van der Waals surface area contributed by atoms with Crippen molar-refractivity contribution in [2.24, 2.45) is 11.3 Å². The smallest absolute Gasteiger partial charge is 0.328 e. The van der Waals surface area contributed by atoms with Gasteiger partial charge in [0.15, 0.2) is 16.9 Å². The van der Waals surface area contributed by atoms with Crippen molar-refractivity contribution in [3.8, 4) is 11.5 Å². The molecule has 0 saturated carbocycles. The van der Waals surface area contributed by atoms with E-state index in [1.54, 1.807) is 32.0 Å². The minimum Gasteiger partial charge on any atom is -0.493 e. The van der Waals surface area contributed by atoms with E-state index in [-0.39, 0.29) is 18.3 Å². The van der Waals surface area contributed by atoms with Gasteiger partial charge in [0.2, 0.25) is 0 Å². The van der Waals surface area contributed by atoms with Crippen LogP contribution in [-0.2, 0) is 14.3 Å². The summed E-state index contributed by atoms with van der Waals surface area (Å²) in [6.07, 6.45) is 0.607. The van der Waals surface area contributed by atoms with Crippen molar-refractivity contribution < 1.29 is 23.8 Å². The fourth-order valence-corrected chi connectivity index (χ4v) is 2.55. The third-order valence-corrected chi connectivity index (χ3v) is 4.36. The van der Waals surface area contributed by atoms with Crippen LogP contribution < -0.4 is 9.47 Å². The molecule has 1 aromatic carbocycles. The Kier molecular flexibility index (Phi) is 7.73. The first-order chi connectivity index (χ1) is 11.3. The number of carbonyl (C=O) groups excluding carboxylic acids is 2. The van der Waals surface area contributed by atoms with Crippen LogP contribution in [0.1, 0.15) is 40.5 Å². The van der Waals surface area contributed by atoms with Crippen LogP contribution in [-0.4, -0.2) is 25.7 Å². The fraction of sp³-hybridized carbons (Fsp3) is 0.556. The molecule has 0 fully saturated rings. The molecule has 0 saturated heterocycles. The molecule has 0 radical (unpaired) electrons. The zero-order chi connectivity index (χ0) is 18.3. The van der Waals surface area contributed by atoms with E-state index in [9.17, 15) is 9.59 Å². The molecule has 0 heterocycles. The highest BCUT2D eigenvalue weighted by Crippen LogP contribution is 2.35. The summed E-state index contributed by atoms with van der Waals surface area (Å²) in [6, 6.07) is 5.05. The Morgan fingerprint density at radius 1 is 1.12 bits per heavy atom. The Balaban J connectivity index is 3.04. The van der Waals surface area contributed by atoms with Crippen molar-refractivity contribution in [3.63, 3.8) is 0 Å². The van der Waals surface area contributed by atoms with Crippen LogP contribution in [0.15, 0.2) is 22.7 Å². The van der Waals surface area contributed by atoms with Gasteiger partial charge in [0.1, 0.15) is 0 Å². The Hall–Kier alpha value is -1.56. The van der Waals surface area contributed by atoms with Crippen molar-refractivity contribution >= 4 is 27.9 Å². The maximum atomic E-state index is 12.7. The average Bonchev–Trinajstić information content (AvgIpc) is 2.56. The lowest BCUT2D eigenvalue weighted by Gasteiger charge is -2.27. The van der Waals surface area contributed by atoms with E-state index in [0.29, 0.717) is 18.6 Å². The standard InChI is InChI=1S/C18H25BrO5/c1-6-18(7-2,16(20)23-11-12(3)4)17(21)24-14-9-8-13(19)10-15(14)22-5/h8-10,12H,6-7,11H2,1-5H3. The minimum absolute atomic E-state index is 0.197. The first-order valence-corrected chi connectivity index (χ1v) is 8.83. The lowest BCUT2D eigenvalue weighted by atomic mass is 9.82. The summed E-state index contributed by atoms with van der Waals surface area (Å²) in [7, 11) is 1.49. The maximum absolute atomic E-state index is 12.7. The molecule has 0 amide bonds. The quantitative estimate of drug-likeness (QED) is 0.368. The molecule has 0 unspecified atom stereocenters. The highest BCUT2D eigenvalue weighted by molar-refractivity contribution is 9.10. The maximum Gasteiger partial charge on any atom is 0.328 e. The number of halogens is 1. The molecule has 134 valence electrons. The summed E-state index contributed by atoms with van der Waals surface area (Å²) in [4.78, 5) is 25.3. The summed E-state index contributed by atoms with van der Waals surface area (Å²) in [5.74, 6) is -0.282. The lowest BCUT2D eigenvalue weighted by molar-refractivity contribution is -0.168. The number of hydrogen-bond donors (Lipinski definition) is 0. The number of esters is 2. The number of benzene rings is 1. The van der Waals surface area contributed by atoms with Crippen LogP contribution in [0, 0.1) is 11.3 Å². The van der Waals surface area contributed by atoms with Gasteiger partial charge in [-0.2, -0.15) is 0 Å². The molecule has 0 spiro atoms. The van der Waals surface area contributed by atoms with Gasteiger partial charge in [0.05, 0.1) is 13.7 Å². The van der Waals surface area contributed by atoms with Crippen molar-refractivity contribution in [2.75, 3.05) is 13.7 Å². The molecular formula is C18H25BrO5. The SMILES string of the molecule is CCC(CC)(C(=O)OCC(C)C)C(=O)Oc1ccc(Br)cc1OC. The highest BCUT2D eigenvalue weighted by atomic mass is 79.9. The largest absolute Gasteiger partial charge is 0.493 e. The first kappa shape index (κ1) is 20.5. The molecule has 0 atom stereocenters. The summed E-state index contributed by atoms with van der Waals surface area (Å²) < 4.78 is 16.8. The third kappa shape index (κ3) is 4.72. The molecule has 0 N–H and O–H groups in total. The van der Waals surface area contributed by atoms with Crippen LogP contribution in [0.4, 0.5) is 0 Å². The molecule has 0 aromatic heterocycles. The van der Waals surface area contributed by atoms with Crippen LogP contribution in [0.2, 0.25) is 0 Å². The molecule has 0 aliphatic carbocycles. The number of methoxy groups -OCH3 is 1. The second kappa shape index (κ2) is 9.06. The molecule has 1 aromatic rings. The molecule has 1 rings (SSSR count). The number of rotatable bonds is 8. The molecule has 0 aliphatic rings. The van der Waals surface area contributed by atoms with Gasteiger partial charge >= 0.3 is 11.9 Å². The van der Waals surface area contributed by atoms with E-state index in [4.69, 9.17) is 14.2 Å². The van der Waals surface area contributed by atoms with Crippen molar-refractivity contribution in [3.05, 3.63) is 22.7 Å². The molecule has 0 aliphatic heterocycles. The summed E-state index contributed by atoms with van der Waals surface area (Å²) in [5.41, 5.74) is -1.31. The highest BCUT2D eigenvalue weighted by Gasteiger charge is 2.46. The fourth-order valence-electron chi connectivity index (χ4n) is 2.21. The third-order valence-electron chi connectivity index (χ3n) is 3.86. The number of carbonyl (C=O) groups is 2. The minimum atomic E-state index is -1.31. The van der Waals surface area contributed by atoms with Crippen LogP contribution in [0.25, 0.3) is 0 Å². The Labute approximate surface area is 151 Å². The summed E-state index contributed by atoms with van der Waals surface area (Å²) in [6.45, 7) is 7.71. The van der Waals surface area contributed by atoms with Gasteiger partial charge < -0.3 is 14.2 Å². The normalized spacial score (nSPS) is 11.3. The zero-order valence-electron chi connectivity index (χ0n) is 14.8. The predicted molar refractivity (Wildman–Crippen MR) is 95.1 cm³/mol. The number of hydrogen-bond acceptors (Lipinski definition) is 5. The Bertz CT molecular complexity index is 579. The van der Waals surface area contributed by atoms with Gasteiger partial charge in [0, 0.05) is 4.47 Å². The lowest BCUT2D eigenvalue weighted by Crippen LogP contribution is -2.43. The molecule has 5 nitrogen and oxygen atoms in total. The molecule has 0 bridgehead atoms. The van der Waals surface area contributed by atoms with Crippen LogP contribution >= 0.6 is 15.9 Å². The first-order valence-electron chi connectivity index (χ1n) is 8.03. The van der Waals surface area contributed by atoms with E-state index in [2.05, 4.69) is 15.9 Å². The summed E-state index contributed by atoms with van der Waals surface area (Å²) in [5, 5.41) is 0. The predicted octanol–water partition coefficient (Wildman–Crippen LogP) is 4.37. The van der Waals surface area contributed by atoms with E-state index in [0.717, 1.165) is 4.47 Å². The zero-order valence-corrected chi connectivity index (χ0v) is 16.4. The summed E-state index contributed by atoms with van der Waals surface area (Å²) >= 11 is 3.33. The average molecular weight is 401 g/mol. The molecule has 24 heavy (non-hydrogen) atoms. The van der Waals surface area contributed by atoms with Gasteiger partial charge in [-0.3, -0.25) is 9.59 Å². The second-order valence-electron chi connectivity index (χ2n) is 5.97. The van der Waals surface area contributed by atoms with Crippen molar-refractivity contribution in [1.82, 2.24) is 0 Å². The van der Waals surface area contributed by atoms with Crippen LogP contribution in [0.3, 0.4) is 0 Å². The Morgan fingerprint density at radius 2 is 1.75 bits per heavy atom. The molecular weight excluding hydrogens is 376 g/mol. The Morgan fingerprint density at radius 3 is 2.25 bits per heavy atom.